The van der Waals surface area contributed by atoms with Crippen LogP contribution in [-0.2, 0) is 14.8 Å². The molecule has 5 rings (SSSR count). The number of cyclic esters (lactones) is 1. The maximum Gasteiger partial charge on any atom is 0.339 e. The van der Waals surface area contributed by atoms with Crippen molar-refractivity contribution in [1.82, 2.24) is 3.97 Å². The number of aryl methyl sites for hydroxylation is 1. The zero-order chi connectivity index (χ0) is 19.6. The first-order chi connectivity index (χ1) is 13.4. The normalized spacial score (nSPS) is 16.5. The molecule has 28 heavy (non-hydrogen) atoms. The van der Waals surface area contributed by atoms with E-state index in [1.54, 1.807) is 43.3 Å². The number of rotatable bonds is 2. The van der Waals surface area contributed by atoms with Gasteiger partial charge in [0, 0.05) is 16.3 Å². The molecule has 0 bridgehead atoms. The van der Waals surface area contributed by atoms with Gasteiger partial charge in [-0.1, -0.05) is 36.4 Å². The van der Waals surface area contributed by atoms with Crippen LogP contribution in [0.5, 0.6) is 0 Å². The van der Waals surface area contributed by atoms with Gasteiger partial charge in [0.1, 0.15) is 6.10 Å². The van der Waals surface area contributed by atoms with Crippen molar-refractivity contribution < 1.29 is 17.9 Å². The summed E-state index contributed by atoms with van der Waals surface area (Å²) in [6, 6.07) is 17.6. The van der Waals surface area contributed by atoms with Crippen LogP contribution in [0.2, 0.25) is 0 Å². The molecule has 1 aromatic heterocycles. The van der Waals surface area contributed by atoms with E-state index in [2.05, 4.69) is 0 Å². The van der Waals surface area contributed by atoms with Gasteiger partial charge in [0.15, 0.2) is 0 Å². The SMILES string of the molecule is Cc1c2c(cc3c4ccccc4n(S(=O)(=O)c4ccccc4)c13)C(C)OC2=O. The number of aromatic nitrogens is 1. The average Bonchev–Trinajstić information content (AvgIpc) is 3.18. The Bertz CT molecular complexity index is 1380. The third-order valence-corrected chi connectivity index (χ3v) is 7.13. The van der Waals surface area contributed by atoms with Crippen molar-refractivity contribution in [2.45, 2.75) is 24.8 Å². The lowest BCUT2D eigenvalue weighted by Crippen LogP contribution is -2.14. The van der Waals surface area contributed by atoms with Crippen LogP contribution in [0, 0.1) is 6.92 Å². The van der Waals surface area contributed by atoms with Gasteiger partial charge in [0.2, 0.25) is 0 Å². The van der Waals surface area contributed by atoms with Crippen LogP contribution < -0.4 is 0 Å². The maximum atomic E-state index is 13.6. The molecule has 1 unspecified atom stereocenters. The van der Waals surface area contributed by atoms with Gasteiger partial charge in [-0.25, -0.2) is 17.2 Å². The largest absolute Gasteiger partial charge is 0.454 e. The molecule has 1 atom stereocenters. The standard InChI is InChI=1S/C22H17NO4S/c1-13-20-17(14(2)27-22(20)24)12-18-16-10-6-7-11-19(16)23(21(13)18)28(25,26)15-8-4-3-5-9-15/h3-12,14H,1-2H3. The molecule has 6 heteroatoms. The minimum Gasteiger partial charge on any atom is -0.454 e. The molecule has 0 saturated heterocycles. The van der Waals surface area contributed by atoms with Gasteiger partial charge in [-0.2, -0.15) is 0 Å². The number of benzene rings is 3. The van der Waals surface area contributed by atoms with Crippen molar-refractivity contribution in [1.29, 1.82) is 0 Å². The van der Waals surface area contributed by atoms with Crippen LogP contribution in [0.4, 0.5) is 0 Å². The minimum atomic E-state index is -3.86. The summed E-state index contributed by atoms with van der Waals surface area (Å²) in [4.78, 5) is 12.6. The van der Waals surface area contributed by atoms with Crippen LogP contribution in [0.25, 0.3) is 21.8 Å². The molecular weight excluding hydrogens is 374 g/mol. The van der Waals surface area contributed by atoms with Crippen molar-refractivity contribution in [3.05, 3.63) is 77.4 Å². The van der Waals surface area contributed by atoms with Crippen molar-refractivity contribution in [2.75, 3.05) is 0 Å². The van der Waals surface area contributed by atoms with E-state index >= 15 is 0 Å². The van der Waals surface area contributed by atoms with Crippen LogP contribution >= 0.6 is 0 Å². The molecule has 4 aromatic rings. The van der Waals surface area contributed by atoms with Crippen LogP contribution in [0.1, 0.15) is 34.5 Å². The molecule has 0 spiro atoms. The molecular formula is C22H17NO4S. The highest BCUT2D eigenvalue weighted by molar-refractivity contribution is 7.90. The summed E-state index contributed by atoms with van der Waals surface area (Å²) in [6.45, 7) is 3.62. The minimum absolute atomic E-state index is 0.202. The number of para-hydroxylation sites is 1. The number of ether oxygens (including phenoxy) is 1. The zero-order valence-electron chi connectivity index (χ0n) is 15.3. The fraction of sp³-hybridized carbons (Fsp3) is 0.136. The molecule has 5 nitrogen and oxygen atoms in total. The molecule has 1 aliphatic heterocycles. The number of hydrogen-bond acceptors (Lipinski definition) is 4. The van der Waals surface area contributed by atoms with Crippen molar-refractivity contribution in [3.8, 4) is 0 Å². The Morgan fingerprint density at radius 1 is 0.964 bits per heavy atom. The Balaban J connectivity index is 2.00. The topological polar surface area (TPSA) is 65.4 Å². The molecule has 0 radical (unpaired) electrons. The first-order valence-corrected chi connectivity index (χ1v) is 10.4. The molecule has 0 fully saturated rings. The van der Waals surface area contributed by atoms with E-state index < -0.39 is 16.0 Å². The summed E-state index contributed by atoms with van der Waals surface area (Å²) in [5.41, 5.74) is 3.00. The van der Waals surface area contributed by atoms with Gasteiger partial charge in [0.25, 0.3) is 10.0 Å². The molecule has 2 heterocycles. The van der Waals surface area contributed by atoms with E-state index in [0.717, 1.165) is 16.3 Å². The van der Waals surface area contributed by atoms with Gasteiger partial charge < -0.3 is 4.74 Å². The predicted octanol–water partition coefficient (Wildman–Crippen LogP) is 4.57. The highest BCUT2D eigenvalue weighted by atomic mass is 32.2. The monoisotopic (exact) mass is 391 g/mol. The maximum absolute atomic E-state index is 13.6. The fourth-order valence-corrected chi connectivity index (χ4v) is 5.73. The van der Waals surface area contributed by atoms with Crippen LogP contribution in [0.15, 0.2) is 65.6 Å². The van der Waals surface area contributed by atoms with E-state index in [1.807, 2.05) is 31.2 Å². The number of fused-ring (bicyclic) bond motifs is 4. The molecule has 1 aliphatic rings. The molecule has 3 aromatic carbocycles. The van der Waals surface area contributed by atoms with Gasteiger partial charge in [-0.3, -0.25) is 0 Å². The van der Waals surface area contributed by atoms with Crippen molar-refractivity contribution in [3.63, 3.8) is 0 Å². The summed E-state index contributed by atoms with van der Waals surface area (Å²) < 4.78 is 33.9. The highest BCUT2D eigenvalue weighted by Crippen LogP contribution is 2.41. The lowest BCUT2D eigenvalue weighted by Gasteiger charge is -2.12. The number of esters is 1. The van der Waals surface area contributed by atoms with E-state index in [9.17, 15) is 13.2 Å². The van der Waals surface area contributed by atoms with E-state index in [0.29, 0.717) is 22.2 Å². The third kappa shape index (κ3) is 2.12. The van der Waals surface area contributed by atoms with Crippen LogP contribution in [0.3, 0.4) is 0 Å². The number of carbonyl (C=O) groups is 1. The first-order valence-electron chi connectivity index (χ1n) is 8.99. The number of carbonyl (C=O) groups excluding carboxylic acids is 1. The Morgan fingerprint density at radius 2 is 1.64 bits per heavy atom. The Labute approximate surface area is 162 Å². The predicted molar refractivity (Wildman–Crippen MR) is 107 cm³/mol. The second kappa shape index (κ2) is 5.69. The van der Waals surface area contributed by atoms with Crippen molar-refractivity contribution >= 4 is 37.8 Å². The first kappa shape index (κ1) is 17.0. The lowest BCUT2D eigenvalue weighted by molar-refractivity contribution is 0.0421. The molecule has 0 amide bonds. The second-order valence-corrected chi connectivity index (χ2v) is 8.80. The van der Waals surface area contributed by atoms with Gasteiger partial charge in [-0.15, -0.1) is 0 Å². The summed E-state index contributed by atoms with van der Waals surface area (Å²) >= 11 is 0. The van der Waals surface area contributed by atoms with E-state index in [4.69, 9.17) is 4.74 Å². The Morgan fingerprint density at radius 3 is 2.39 bits per heavy atom. The molecule has 140 valence electrons. The Kier molecular flexibility index (Phi) is 3.46. The molecule has 0 N–H and O–H groups in total. The molecule has 0 aliphatic carbocycles. The lowest BCUT2D eigenvalue weighted by atomic mass is 9.97. The van der Waals surface area contributed by atoms with Gasteiger partial charge >= 0.3 is 5.97 Å². The fourth-order valence-electron chi connectivity index (χ4n) is 4.12. The van der Waals surface area contributed by atoms with Crippen LogP contribution in [-0.4, -0.2) is 18.4 Å². The second-order valence-electron chi connectivity index (χ2n) is 7.01. The van der Waals surface area contributed by atoms with E-state index in [-0.39, 0.29) is 11.0 Å². The van der Waals surface area contributed by atoms with Crippen molar-refractivity contribution in [2.24, 2.45) is 0 Å². The summed E-state index contributed by atoms with van der Waals surface area (Å²) in [6.07, 6.45) is -0.349. The van der Waals surface area contributed by atoms with Gasteiger partial charge in [-0.05, 0) is 43.7 Å². The quantitative estimate of drug-likeness (QED) is 0.470. The summed E-state index contributed by atoms with van der Waals surface area (Å²) in [7, 11) is -3.86. The smallest absolute Gasteiger partial charge is 0.339 e. The average molecular weight is 391 g/mol. The summed E-state index contributed by atoms with van der Waals surface area (Å²) in [5, 5.41) is 1.63. The number of nitrogens with zero attached hydrogens (tertiary/aromatic N) is 1. The van der Waals surface area contributed by atoms with Gasteiger partial charge in [0.05, 0.1) is 21.5 Å². The third-order valence-electron chi connectivity index (χ3n) is 5.40. The zero-order valence-corrected chi connectivity index (χ0v) is 16.2. The highest BCUT2D eigenvalue weighted by Gasteiger charge is 2.34. The molecule has 0 saturated carbocycles. The van der Waals surface area contributed by atoms with E-state index in [1.165, 1.54) is 3.97 Å². The Hall–Kier alpha value is -3.12. The number of hydrogen-bond donors (Lipinski definition) is 0. The summed E-state index contributed by atoms with van der Waals surface area (Å²) in [5.74, 6) is -0.407.